The summed E-state index contributed by atoms with van der Waals surface area (Å²) >= 11 is 0. The fraction of sp³-hybridized carbons (Fsp3) is 0.185. The smallest absolute Gasteiger partial charge is 0.252 e. The molecule has 2 aliphatic rings. The Morgan fingerprint density at radius 1 is 0.868 bits per heavy atom. The van der Waals surface area contributed by atoms with Crippen molar-refractivity contribution in [2.75, 3.05) is 13.6 Å². The quantitative estimate of drug-likeness (QED) is 0.357. The number of ether oxygens (including phenoxy) is 4. The van der Waals surface area contributed by atoms with E-state index in [1.807, 2.05) is 0 Å². The highest BCUT2D eigenvalue weighted by molar-refractivity contribution is 7.89. The Morgan fingerprint density at radius 2 is 1.58 bits per heavy atom. The molecule has 0 amide bonds. The summed E-state index contributed by atoms with van der Waals surface area (Å²) < 4.78 is 50.6. The van der Waals surface area contributed by atoms with E-state index < -0.39 is 15.6 Å². The number of hydrogen-bond donors (Lipinski definition) is 1. The molecule has 0 bridgehead atoms. The molecule has 38 heavy (non-hydrogen) atoms. The van der Waals surface area contributed by atoms with Crippen LogP contribution in [0.2, 0.25) is 0 Å². The molecular weight excluding hydrogens is 512 g/mol. The van der Waals surface area contributed by atoms with Crippen LogP contribution in [0.5, 0.6) is 23.0 Å². The first-order valence-electron chi connectivity index (χ1n) is 11.7. The summed E-state index contributed by atoms with van der Waals surface area (Å²) in [5.74, 6) is 1.90. The first kappa shape index (κ1) is 24.0. The van der Waals surface area contributed by atoms with Crippen molar-refractivity contribution in [3.8, 4) is 23.0 Å². The Kier molecular flexibility index (Phi) is 5.81. The summed E-state index contributed by atoms with van der Waals surface area (Å²) in [5, 5.41) is 0.669. The van der Waals surface area contributed by atoms with Gasteiger partial charge in [-0.05, 0) is 48.9 Å². The van der Waals surface area contributed by atoms with Gasteiger partial charge in [0.25, 0.3) is 5.56 Å². The predicted molar refractivity (Wildman–Crippen MR) is 136 cm³/mol. The van der Waals surface area contributed by atoms with E-state index in [0.717, 1.165) is 0 Å². The van der Waals surface area contributed by atoms with Gasteiger partial charge in [0, 0.05) is 35.7 Å². The average Bonchev–Trinajstić information content (AvgIpc) is 3.56. The van der Waals surface area contributed by atoms with Gasteiger partial charge in [0.15, 0.2) is 28.8 Å². The van der Waals surface area contributed by atoms with E-state index in [9.17, 15) is 18.0 Å². The Hall–Kier alpha value is -4.35. The molecule has 0 spiro atoms. The van der Waals surface area contributed by atoms with E-state index in [1.165, 1.54) is 29.4 Å². The number of aromatic amines is 1. The second kappa shape index (κ2) is 9.19. The molecule has 3 heterocycles. The van der Waals surface area contributed by atoms with E-state index in [0.29, 0.717) is 39.5 Å². The molecule has 11 heteroatoms. The number of sulfonamides is 1. The van der Waals surface area contributed by atoms with Gasteiger partial charge in [0.05, 0.1) is 10.4 Å². The van der Waals surface area contributed by atoms with Crippen LogP contribution in [-0.4, -0.2) is 37.1 Å². The lowest BCUT2D eigenvalue weighted by Gasteiger charge is -2.23. The van der Waals surface area contributed by atoms with Gasteiger partial charge in [-0.1, -0.05) is 18.2 Å². The molecule has 0 saturated heterocycles. The Labute approximate surface area is 217 Å². The number of fused-ring (bicyclic) bond motifs is 3. The van der Waals surface area contributed by atoms with Crippen LogP contribution in [0.3, 0.4) is 0 Å². The molecule has 0 aliphatic carbocycles. The number of pyridine rings is 1. The number of aromatic nitrogens is 1. The third kappa shape index (κ3) is 4.35. The first-order chi connectivity index (χ1) is 18.3. The number of benzene rings is 3. The van der Waals surface area contributed by atoms with Crippen molar-refractivity contribution in [3.05, 3.63) is 87.7 Å². The van der Waals surface area contributed by atoms with Gasteiger partial charge in [0.2, 0.25) is 23.6 Å². The van der Waals surface area contributed by atoms with Gasteiger partial charge in [0.1, 0.15) is 0 Å². The SMILES string of the molecule is CC(=O)c1cccc(S(=O)(=O)N(Cc2ccc3c(c2)OCO3)Cc2cc3cc4c(cc3[nH]c2=O)OCO4)c1. The summed E-state index contributed by atoms with van der Waals surface area (Å²) in [6, 6.07) is 16.1. The topological polar surface area (TPSA) is 124 Å². The first-order valence-corrected chi connectivity index (χ1v) is 13.2. The second-order valence-corrected chi connectivity index (χ2v) is 10.9. The van der Waals surface area contributed by atoms with Crippen LogP contribution in [0.4, 0.5) is 0 Å². The van der Waals surface area contributed by atoms with Crippen LogP contribution in [0.15, 0.2) is 70.4 Å². The zero-order valence-corrected chi connectivity index (χ0v) is 21.0. The molecule has 10 nitrogen and oxygen atoms in total. The van der Waals surface area contributed by atoms with Crippen molar-refractivity contribution in [1.29, 1.82) is 0 Å². The summed E-state index contributed by atoms with van der Waals surface area (Å²) in [6.07, 6.45) is 0. The number of ketones is 1. The number of Topliss-reactive ketones (excluding diaryl/α,β-unsaturated/α-hetero) is 1. The van der Waals surface area contributed by atoms with Crippen LogP contribution in [-0.2, 0) is 23.1 Å². The molecule has 0 unspecified atom stereocenters. The molecule has 4 aromatic rings. The van der Waals surface area contributed by atoms with Crippen LogP contribution in [0.25, 0.3) is 10.9 Å². The van der Waals surface area contributed by atoms with Crippen LogP contribution in [0, 0.1) is 0 Å². The molecule has 0 fully saturated rings. The predicted octanol–water partition coefficient (Wildman–Crippen LogP) is 3.58. The Morgan fingerprint density at radius 3 is 2.34 bits per heavy atom. The molecule has 194 valence electrons. The van der Waals surface area contributed by atoms with Gasteiger partial charge in [-0.25, -0.2) is 8.42 Å². The highest BCUT2D eigenvalue weighted by Gasteiger charge is 2.28. The highest BCUT2D eigenvalue weighted by Crippen LogP contribution is 2.36. The minimum atomic E-state index is -4.14. The number of H-pyrrole nitrogens is 1. The maximum atomic E-state index is 13.9. The van der Waals surface area contributed by atoms with Gasteiger partial charge in [-0.2, -0.15) is 4.31 Å². The monoisotopic (exact) mass is 534 g/mol. The van der Waals surface area contributed by atoms with E-state index in [1.54, 1.807) is 42.5 Å². The normalized spacial score (nSPS) is 13.8. The van der Waals surface area contributed by atoms with Crippen molar-refractivity contribution in [2.45, 2.75) is 24.9 Å². The van der Waals surface area contributed by atoms with E-state index in [4.69, 9.17) is 18.9 Å². The molecule has 1 N–H and O–H groups in total. The molecule has 0 atom stereocenters. The molecule has 0 saturated carbocycles. The van der Waals surface area contributed by atoms with E-state index in [2.05, 4.69) is 4.98 Å². The minimum absolute atomic E-state index is 0.0495. The zero-order valence-electron chi connectivity index (χ0n) is 20.2. The zero-order chi connectivity index (χ0) is 26.4. The van der Waals surface area contributed by atoms with E-state index >= 15 is 0 Å². The maximum absolute atomic E-state index is 13.9. The number of carbonyl (C=O) groups is 1. The third-order valence-corrected chi connectivity index (χ3v) is 8.22. The molecule has 3 aromatic carbocycles. The van der Waals surface area contributed by atoms with Crippen molar-refractivity contribution < 1.29 is 32.2 Å². The lowest BCUT2D eigenvalue weighted by atomic mass is 10.1. The summed E-state index contributed by atoms with van der Waals surface area (Å²) in [4.78, 5) is 27.8. The van der Waals surface area contributed by atoms with Crippen molar-refractivity contribution in [2.24, 2.45) is 0 Å². The molecule has 0 radical (unpaired) electrons. The van der Waals surface area contributed by atoms with Gasteiger partial charge in [-0.15, -0.1) is 0 Å². The standard InChI is InChI=1S/C27H22N2O8S/c1-16(30)18-3-2-4-21(9-18)38(32,33)29(12-17-5-6-23-24(7-17)35-14-34-23)13-20-8-19-10-25-26(37-15-36-25)11-22(19)28-27(20)31/h2-11H,12-15H2,1H3,(H,28,31). The Bertz CT molecular complexity index is 1760. The van der Waals surface area contributed by atoms with Gasteiger partial charge >= 0.3 is 0 Å². The van der Waals surface area contributed by atoms with Crippen molar-refractivity contribution >= 4 is 26.7 Å². The number of hydrogen-bond acceptors (Lipinski definition) is 8. The third-order valence-electron chi connectivity index (χ3n) is 6.44. The van der Waals surface area contributed by atoms with Crippen LogP contribution < -0.4 is 24.5 Å². The van der Waals surface area contributed by atoms with Crippen LogP contribution >= 0.6 is 0 Å². The second-order valence-electron chi connectivity index (χ2n) is 8.96. The van der Waals surface area contributed by atoms with Crippen molar-refractivity contribution in [1.82, 2.24) is 9.29 Å². The summed E-state index contributed by atoms with van der Waals surface area (Å²) in [5.41, 5.74) is 1.26. The Balaban J connectivity index is 1.42. The minimum Gasteiger partial charge on any atom is -0.454 e. The molecule has 6 rings (SSSR count). The maximum Gasteiger partial charge on any atom is 0.252 e. The fourth-order valence-electron chi connectivity index (χ4n) is 4.44. The van der Waals surface area contributed by atoms with Gasteiger partial charge in [-0.3, -0.25) is 9.59 Å². The van der Waals surface area contributed by atoms with Crippen molar-refractivity contribution in [3.63, 3.8) is 0 Å². The largest absolute Gasteiger partial charge is 0.454 e. The molecular formula is C27H22N2O8S. The van der Waals surface area contributed by atoms with Gasteiger partial charge < -0.3 is 23.9 Å². The number of rotatable bonds is 7. The number of carbonyl (C=O) groups excluding carboxylic acids is 1. The molecule has 2 aliphatic heterocycles. The number of nitrogens with zero attached hydrogens (tertiary/aromatic N) is 1. The number of nitrogens with one attached hydrogen (secondary N) is 1. The fourth-order valence-corrected chi connectivity index (χ4v) is 5.89. The molecule has 1 aromatic heterocycles. The average molecular weight is 535 g/mol. The lowest BCUT2D eigenvalue weighted by Crippen LogP contribution is -2.32. The summed E-state index contributed by atoms with van der Waals surface area (Å²) in [6.45, 7) is 1.27. The van der Waals surface area contributed by atoms with Crippen LogP contribution in [0.1, 0.15) is 28.4 Å². The highest BCUT2D eigenvalue weighted by atomic mass is 32.2. The summed E-state index contributed by atoms with van der Waals surface area (Å²) in [7, 11) is -4.14. The lowest BCUT2D eigenvalue weighted by molar-refractivity contribution is 0.101. The van der Waals surface area contributed by atoms with E-state index in [-0.39, 0.29) is 48.5 Å².